The number of nitro groups is 1. The first-order valence-corrected chi connectivity index (χ1v) is 8.63. The van der Waals surface area contributed by atoms with Crippen LogP contribution in [0.5, 0.6) is 0 Å². The van der Waals surface area contributed by atoms with Crippen LogP contribution in [0.15, 0.2) is 40.8 Å². The summed E-state index contributed by atoms with van der Waals surface area (Å²) in [7, 11) is 0. The highest BCUT2D eigenvalue weighted by Gasteiger charge is 2.23. The second-order valence-corrected chi connectivity index (χ2v) is 6.08. The van der Waals surface area contributed by atoms with Crippen LogP contribution in [-0.4, -0.2) is 49.2 Å². The number of ether oxygens (including phenoxy) is 2. The van der Waals surface area contributed by atoms with Crippen molar-refractivity contribution in [2.75, 3.05) is 36.5 Å². The summed E-state index contributed by atoms with van der Waals surface area (Å²) >= 11 is 0. The van der Waals surface area contributed by atoms with Gasteiger partial charge < -0.3 is 24.1 Å². The Balaban J connectivity index is 1.54. The number of esters is 1. The van der Waals surface area contributed by atoms with Crippen LogP contribution in [0.1, 0.15) is 17.5 Å². The Kier molecular flexibility index (Phi) is 5.90. The number of carbonyl (C=O) groups excluding carboxylic acids is 2. The Morgan fingerprint density at radius 1 is 1.18 bits per heavy atom. The molecule has 0 radical (unpaired) electrons. The van der Waals surface area contributed by atoms with E-state index >= 15 is 0 Å². The zero-order valence-electron chi connectivity index (χ0n) is 15.1. The predicted octanol–water partition coefficient (Wildman–Crippen LogP) is 2.21. The number of rotatable bonds is 6. The zero-order chi connectivity index (χ0) is 20.1. The van der Waals surface area contributed by atoms with Gasteiger partial charge in [-0.3, -0.25) is 14.9 Å². The summed E-state index contributed by atoms with van der Waals surface area (Å²) in [6.07, 6.45) is -1.12. The first-order valence-electron chi connectivity index (χ1n) is 8.63. The maximum Gasteiger partial charge on any atom is 0.433 e. The number of nitrogens with zero attached hydrogens (tertiary/aromatic N) is 2. The molecule has 10 heteroatoms. The van der Waals surface area contributed by atoms with E-state index in [-0.39, 0.29) is 5.76 Å². The number of nitrogens with one attached hydrogen (secondary N) is 1. The highest BCUT2D eigenvalue weighted by molar-refractivity contribution is 5.96. The van der Waals surface area contributed by atoms with E-state index < -0.39 is 28.8 Å². The highest BCUT2D eigenvalue weighted by atomic mass is 16.7. The molecule has 2 heterocycles. The van der Waals surface area contributed by atoms with Crippen molar-refractivity contribution >= 4 is 29.1 Å². The molecule has 0 saturated carbocycles. The van der Waals surface area contributed by atoms with Gasteiger partial charge in [-0.2, -0.15) is 0 Å². The van der Waals surface area contributed by atoms with E-state index in [0.29, 0.717) is 18.9 Å². The lowest BCUT2D eigenvalue weighted by Gasteiger charge is -2.28. The molecule has 2 aromatic rings. The van der Waals surface area contributed by atoms with Crippen LogP contribution in [0, 0.1) is 10.1 Å². The number of hydrogen-bond donors (Lipinski definition) is 1. The molecule has 1 amide bonds. The Morgan fingerprint density at radius 3 is 2.46 bits per heavy atom. The lowest BCUT2D eigenvalue weighted by molar-refractivity contribution is -0.402. The third kappa shape index (κ3) is 4.65. The molecule has 10 nitrogen and oxygen atoms in total. The maximum atomic E-state index is 12.2. The molecule has 0 spiro atoms. The van der Waals surface area contributed by atoms with Crippen LogP contribution in [0.25, 0.3) is 0 Å². The van der Waals surface area contributed by atoms with Crippen molar-refractivity contribution in [2.45, 2.75) is 13.0 Å². The van der Waals surface area contributed by atoms with E-state index in [2.05, 4.69) is 10.2 Å². The molecule has 0 unspecified atom stereocenters. The second-order valence-electron chi connectivity index (χ2n) is 6.08. The van der Waals surface area contributed by atoms with Crippen LogP contribution in [-0.2, 0) is 14.3 Å². The molecule has 1 aromatic heterocycles. The molecule has 1 aliphatic heterocycles. The van der Waals surface area contributed by atoms with Crippen molar-refractivity contribution in [1.29, 1.82) is 0 Å². The Morgan fingerprint density at radius 2 is 1.86 bits per heavy atom. The van der Waals surface area contributed by atoms with Crippen molar-refractivity contribution in [3.8, 4) is 0 Å². The van der Waals surface area contributed by atoms with Crippen molar-refractivity contribution in [3.63, 3.8) is 0 Å². The Hall–Kier alpha value is -3.40. The van der Waals surface area contributed by atoms with Gasteiger partial charge in [0.1, 0.15) is 4.92 Å². The fourth-order valence-corrected chi connectivity index (χ4v) is 2.63. The number of amides is 1. The fraction of sp³-hybridized carbons (Fsp3) is 0.333. The summed E-state index contributed by atoms with van der Waals surface area (Å²) in [4.78, 5) is 36.2. The van der Waals surface area contributed by atoms with Crippen molar-refractivity contribution < 1.29 is 28.4 Å². The van der Waals surface area contributed by atoms with Crippen molar-refractivity contribution in [3.05, 3.63) is 52.3 Å². The van der Waals surface area contributed by atoms with E-state index in [1.807, 2.05) is 12.1 Å². The zero-order valence-corrected chi connectivity index (χ0v) is 15.1. The molecule has 1 saturated heterocycles. The van der Waals surface area contributed by atoms with E-state index in [9.17, 15) is 19.7 Å². The molecule has 148 valence electrons. The molecule has 1 aliphatic rings. The summed E-state index contributed by atoms with van der Waals surface area (Å²) in [5, 5.41) is 13.2. The topological polar surface area (TPSA) is 124 Å². The van der Waals surface area contributed by atoms with E-state index in [1.165, 1.54) is 6.92 Å². The van der Waals surface area contributed by atoms with Crippen molar-refractivity contribution in [1.82, 2.24) is 0 Å². The maximum absolute atomic E-state index is 12.2. The molecule has 1 aromatic carbocycles. The fourth-order valence-electron chi connectivity index (χ4n) is 2.63. The second kappa shape index (κ2) is 8.53. The third-order valence-corrected chi connectivity index (χ3v) is 4.14. The standard InChI is InChI=1S/C18H19N3O7/c1-12(27-18(23)15-6-7-16(28-15)21(24)25)17(22)19-13-2-4-14(5-3-13)20-8-10-26-11-9-20/h2-7,12H,8-11H2,1H3,(H,19,22)/t12-/m1/s1. The smallest absolute Gasteiger partial charge is 0.433 e. The summed E-state index contributed by atoms with van der Waals surface area (Å²) in [5.74, 6) is -2.42. The highest BCUT2D eigenvalue weighted by Crippen LogP contribution is 2.20. The van der Waals surface area contributed by atoms with Gasteiger partial charge >= 0.3 is 11.9 Å². The van der Waals surface area contributed by atoms with Crippen LogP contribution < -0.4 is 10.2 Å². The number of morpholine rings is 1. The summed E-state index contributed by atoms with van der Waals surface area (Å²) in [5.41, 5.74) is 1.58. The quantitative estimate of drug-likeness (QED) is 0.453. The monoisotopic (exact) mass is 389 g/mol. The van der Waals surface area contributed by atoms with Gasteiger partial charge in [-0.1, -0.05) is 0 Å². The van der Waals surface area contributed by atoms with Gasteiger partial charge in [-0.15, -0.1) is 0 Å². The summed E-state index contributed by atoms with van der Waals surface area (Å²) in [6, 6.07) is 9.45. The minimum Gasteiger partial charge on any atom is -0.447 e. The predicted molar refractivity (Wildman–Crippen MR) is 98.3 cm³/mol. The first-order chi connectivity index (χ1) is 13.4. The van der Waals surface area contributed by atoms with E-state index in [1.54, 1.807) is 12.1 Å². The molecule has 28 heavy (non-hydrogen) atoms. The van der Waals surface area contributed by atoms with Gasteiger partial charge in [0.2, 0.25) is 5.76 Å². The molecule has 1 fully saturated rings. The van der Waals surface area contributed by atoms with Crippen LogP contribution in [0.4, 0.5) is 17.3 Å². The summed E-state index contributed by atoms with van der Waals surface area (Å²) < 4.78 is 15.1. The minimum atomic E-state index is -1.12. The average molecular weight is 389 g/mol. The molecular formula is C18H19N3O7. The number of hydrogen-bond acceptors (Lipinski definition) is 8. The number of furan rings is 1. The summed E-state index contributed by atoms with van der Waals surface area (Å²) in [6.45, 7) is 4.38. The van der Waals surface area contributed by atoms with Crippen LogP contribution >= 0.6 is 0 Å². The Bertz CT molecular complexity index is 856. The van der Waals surface area contributed by atoms with Gasteiger partial charge in [0.05, 0.1) is 19.3 Å². The Labute approximate surface area is 160 Å². The lowest BCUT2D eigenvalue weighted by Crippen LogP contribution is -2.36. The molecule has 1 atom stereocenters. The largest absolute Gasteiger partial charge is 0.447 e. The van der Waals surface area contributed by atoms with Crippen LogP contribution in [0.3, 0.4) is 0 Å². The number of anilines is 2. The third-order valence-electron chi connectivity index (χ3n) is 4.14. The van der Waals surface area contributed by atoms with Gasteiger partial charge in [0, 0.05) is 24.5 Å². The first kappa shape index (κ1) is 19.4. The lowest BCUT2D eigenvalue weighted by atomic mass is 10.2. The molecular weight excluding hydrogens is 370 g/mol. The number of carbonyl (C=O) groups is 2. The van der Waals surface area contributed by atoms with Gasteiger partial charge in [0.15, 0.2) is 6.10 Å². The normalized spacial score (nSPS) is 15.0. The molecule has 0 bridgehead atoms. The van der Waals surface area contributed by atoms with Gasteiger partial charge in [0.25, 0.3) is 5.91 Å². The van der Waals surface area contributed by atoms with Crippen molar-refractivity contribution in [2.24, 2.45) is 0 Å². The SMILES string of the molecule is C[C@@H](OC(=O)c1ccc([N+](=O)[O-])o1)C(=O)Nc1ccc(N2CCOCC2)cc1. The van der Waals surface area contributed by atoms with Gasteiger partial charge in [-0.25, -0.2) is 4.79 Å². The number of benzene rings is 1. The molecule has 0 aliphatic carbocycles. The van der Waals surface area contributed by atoms with Gasteiger partial charge in [-0.05, 0) is 37.3 Å². The molecule has 1 N–H and O–H groups in total. The average Bonchev–Trinajstić information content (AvgIpc) is 3.20. The minimum absolute atomic E-state index is 0.346. The van der Waals surface area contributed by atoms with E-state index in [0.717, 1.165) is 30.9 Å². The van der Waals surface area contributed by atoms with E-state index in [4.69, 9.17) is 13.9 Å². The molecule has 3 rings (SSSR count). The van der Waals surface area contributed by atoms with Crippen LogP contribution in [0.2, 0.25) is 0 Å².